The van der Waals surface area contributed by atoms with Crippen molar-refractivity contribution in [3.05, 3.63) is 11.6 Å². The van der Waals surface area contributed by atoms with Crippen molar-refractivity contribution in [1.29, 1.82) is 0 Å². The van der Waals surface area contributed by atoms with E-state index < -0.39 is 10.0 Å². The maximum atomic E-state index is 13.0. The Morgan fingerprint density at radius 3 is 2.22 bits per heavy atom. The van der Waals surface area contributed by atoms with Gasteiger partial charge < -0.3 is 0 Å². The van der Waals surface area contributed by atoms with E-state index in [1.54, 1.807) is 4.31 Å². The van der Waals surface area contributed by atoms with Crippen molar-refractivity contribution in [3.63, 3.8) is 0 Å². The number of hydrogen-bond acceptors (Lipinski definition) is 3. The Morgan fingerprint density at radius 2 is 1.74 bits per heavy atom. The van der Waals surface area contributed by atoms with Crippen LogP contribution in [0.2, 0.25) is 0 Å². The summed E-state index contributed by atoms with van der Waals surface area (Å²) in [4.78, 5) is 2.32. The molecule has 2 heterocycles. The maximum absolute atomic E-state index is 13.0. The second-order valence-corrected chi connectivity index (χ2v) is 11.2. The number of nitrogens with zero attached hydrogens (tertiary/aromatic N) is 2. The molecule has 134 valence electrons. The Hall–Kier alpha value is -0.390. The fourth-order valence-electron chi connectivity index (χ4n) is 3.56. The van der Waals surface area contributed by atoms with E-state index in [0.29, 0.717) is 19.6 Å². The maximum Gasteiger partial charge on any atom is 0.218 e. The highest BCUT2D eigenvalue weighted by atomic mass is 32.2. The number of rotatable bonds is 2. The SMILES string of the molecule is CC(C)(C)C1=CCN(S(=O)(=O)C2CCCN(C(C)(C)C)C2)CC1. The van der Waals surface area contributed by atoms with Crippen LogP contribution in [0.25, 0.3) is 0 Å². The van der Waals surface area contributed by atoms with E-state index in [1.807, 2.05) is 0 Å². The molecule has 2 aliphatic heterocycles. The first-order valence-corrected chi connectivity index (χ1v) is 10.4. The van der Waals surface area contributed by atoms with Crippen LogP contribution in [0, 0.1) is 5.41 Å². The number of sulfonamides is 1. The van der Waals surface area contributed by atoms with Crippen LogP contribution in [-0.4, -0.2) is 54.6 Å². The Kier molecular flexibility index (Phi) is 5.34. The third-order valence-corrected chi connectivity index (χ3v) is 7.52. The highest BCUT2D eigenvalue weighted by Crippen LogP contribution is 2.32. The Labute approximate surface area is 143 Å². The molecular weight excluding hydrogens is 308 g/mol. The first-order valence-electron chi connectivity index (χ1n) is 8.86. The van der Waals surface area contributed by atoms with E-state index in [1.165, 1.54) is 5.57 Å². The van der Waals surface area contributed by atoms with Crippen molar-refractivity contribution >= 4 is 10.0 Å². The summed E-state index contributed by atoms with van der Waals surface area (Å²) in [5.74, 6) is 0. The molecule has 1 fully saturated rings. The van der Waals surface area contributed by atoms with Crippen molar-refractivity contribution in [3.8, 4) is 0 Å². The quantitative estimate of drug-likeness (QED) is 0.723. The fourth-order valence-corrected chi connectivity index (χ4v) is 5.45. The third-order valence-electron chi connectivity index (χ3n) is 5.24. The fraction of sp³-hybridized carbons (Fsp3) is 0.889. The molecule has 1 unspecified atom stereocenters. The molecule has 2 rings (SSSR count). The largest absolute Gasteiger partial charge is 0.297 e. The lowest BCUT2D eigenvalue weighted by Crippen LogP contribution is -2.53. The minimum atomic E-state index is -3.20. The Balaban J connectivity index is 2.09. The van der Waals surface area contributed by atoms with Crippen LogP contribution < -0.4 is 0 Å². The lowest BCUT2D eigenvalue weighted by molar-refractivity contribution is 0.111. The zero-order valence-electron chi connectivity index (χ0n) is 15.7. The summed E-state index contributed by atoms with van der Waals surface area (Å²) < 4.78 is 27.8. The number of piperidine rings is 1. The first kappa shape index (κ1) is 18.9. The predicted octanol–water partition coefficient (Wildman–Crippen LogP) is 3.26. The summed E-state index contributed by atoms with van der Waals surface area (Å²) in [5.41, 5.74) is 1.56. The summed E-state index contributed by atoms with van der Waals surface area (Å²) in [6.07, 6.45) is 4.75. The molecule has 4 nitrogen and oxygen atoms in total. The van der Waals surface area contributed by atoms with Gasteiger partial charge in [-0.25, -0.2) is 8.42 Å². The van der Waals surface area contributed by atoms with Crippen LogP contribution in [0.15, 0.2) is 11.6 Å². The van der Waals surface area contributed by atoms with E-state index in [2.05, 4.69) is 52.5 Å². The molecular formula is C18H34N2O2S. The third kappa shape index (κ3) is 4.37. The van der Waals surface area contributed by atoms with Crippen molar-refractivity contribution in [2.45, 2.75) is 71.6 Å². The predicted molar refractivity (Wildman–Crippen MR) is 97.0 cm³/mol. The van der Waals surface area contributed by atoms with Gasteiger partial charge in [0.1, 0.15) is 0 Å². The summed E-state index contributed by atoms with van der Waals surface area (Å²) in [7, 11) is -3.20. The summed E-state index contributed by atoms with van der Waals surface area (Å²) >= 11 is 0. The zero-order chi connectivity index (χ0) is 17.5. The van der Waals surface area contributed by atoms with Crippen molar-refractivity contribution < 1.29 is 8.42 Å². The molecule has 1 saturated heterocycles. The van der Waals surface area contributed by atoms with Gasteiger partial charge in [-0.2, -0.15) is 4.31 Å². The molecule has 0 aromatic carbocycles. The van der Waals surface area contributed by atoms with Crippen LogP contribution >= 0.6 is 0 Å². The molecule has 0 aromatic rings. The van der Waals surface area contributed by atoms with Gasteiger partial charge in [-0.3, -0.25) is 4.90 Å². The minimum Gasteiger partial charge on any atom is -0.297 e. The Morgan fingerprint density at radius 1 is 1.09 bits per heavy atom. The molecule has 0 N–H and O–H groups in total. The molecule has 0 saturated carbocycles. The molecule has 5 heteroatoms. The molecule has 2 aliphatic rings. The van der Waals surface area contributed by atoms with Gasteiger partial charge in [0.25, 0.3) is 0 Å². The molecule has 0 aliphatic carbocycles. The van der Waals surface area contributed by atoms with Gasteiger partial charge in [-0.1, -0.05) is 32.4 Å². The smallest absolute Gasteiger partial charge is 0.218 e. The van der Waals surface area contributed by atoms with Gasteiger partial charge in [-0.15, -0.1) is 0 Å². The topological polar surface area (TPSA) is 40.6 Å². The molecule has 0 bridgehead atoms. The van der Waals surface area contributed by atoms with Gasteiger partial charge in [0, 0.05) is 25.2 Å². The molecule has 0 amide bonds. The summed E-state index contributed by atoms with van der Waals surface area (Å²) in [6.45, 7) is 16.0. The van der Waals surface area contributed by atoms with Gasteiger partial charge in [0.05, 0.1) is 5.25 Å². The van der Waals surface area contributed by atoms with Gasteiger partial charge in [0.15, 0.2) is 0 Å². The average molecular weight is 343 g/mol. The van der Waals surface area contributed by atoms with E-state index >= 15 is 0 Å². The minimum absolute atomic E-state index is 0.0371. The average Bonchev–Trinajstić information content (AvgIpc) is 2.46. The first-order chi connectivity index (χ1) is 10.4. The van der Waals surface area contributed by atoms with Crippen LogP contribution in [0.4, 0.5) is 0 Å². The zero-order valence-corrected chi connectivity index (χ0v) is 16.5. The second kappa shape index (κ2) is 6.49. The molecule has 0 radical (unpaired) electrons. The lowest BCUT2D eigenvalue weighted by atomic mass is 9.83. The molecule has 0 aromatic heterocycles. The number of likely N-dealkylation sites (tertiary alicyclic amines) is 1. The summed E-state index contributed by atoms with van der Waals surface area (Å²) in [5, 5.41) is -0.250. The molecule has 1 atom stereocenters. The van der Waals surface area contributed by atoms with Crippen LogP contribution in [0.5, 0.6) is 0 Å². The molecule has 0 spiro atoms. The highest BCUT2D eigenvalue weighted by molar-refractivity contribution is 7.89. The van der Waals surface area contributed by atoms with Crippen molar-refractivity contribution in [2.24, 2.45) is 5.41 Å². The summed E-state index contributed by atoms with van der Waals surface area (Å²) in [6, 6.07) is 0. The van der Waals surface area contributed by atoms with E-state index in [4.69, 9.17) is 0 Å². The van der Waals surface area contributed by atoms with Gasteiger partial charge in [-0.05, 0) is 52.0 Å². The second-order valence-electron chi connectivity index (χ2n) is 9.01. The Bertz CT molecular complexity index is 553. The number of hydrogen-bond donors (Lipinski definition) is 0. The van der Waals surface area contributed by atoms with Gasteiger partial charge in [0.2, 0.25) is 10.0 Å². The van der Waals surface area contributed by atoms with Crippen LogP contribution in [0.3, 0.4) is 0 Å². The standard InChI is InChI=1S/C18H34N2O2S/c1-17(2,3)15-9-12-20(13-10-15)23(21,22)16-8-7-11-19(14-16)18(4,5)6/h9,16H,7-8,10-14H2,1-6H3. The van der Waals surface area contributed by atoms with Crippen molar-refractivity contribution in [2.75, 3.05) is 26.2 Å². The van der Waals surface area contributed by atoms with Crippen molar-refractivity contribution in [1.82, 2.24) is 9.21 Å². The normalized spacial score (nSPS) is 26.2. The molecule has 23 heavy (non-hydrogen) atoms. The highest BCUT2D eigenvalue weighted by Gasteiger charge is 2.38. The van der Waals surface area contributed by atoms with Crippen LogP contribution in [-0.2, 0) is 10.0 Å². The van der Waals surface area contributed by atoms with E-state index in [-0.39, 0.29) is 16.2 Å². The van der Waals surface area contributed by atoms with E-state index in [0.717, 1.165) is 25.8 Å². The van der Waals surface area contributed by atoms with Crippen LogP contribution in [0.1, 0.15) is 60.8 Å². The van der Waals surface area contributed by atoms with Gasteiger partial charge >= 0.3 is 0 Å². The monoisotopic (exact) mass is 342 g/mol. The van der Waals surface area contributed by atoms with E-state index in [9.17, 15) is 8.42 Å². The lowest BCUT2D eigenvalue weighted by Gasteiger charge is -2.42.